The summed E-state index contributed by atoms with van der Waals surface area (Å²) in [6.45, 7) is 0.926. The number of carbonyl (C=O) groups is 3. The Hall–Kier alpha value is -3.97. The third-order valence-electron chi connectivity index (χ3n) is 5.96. The van der Waals surface area contributed by atoms with E-state index in [1.165, 1.54) is 0 Å². The number of rotatable bonds is 14. The highest BCUT2D eigenvalue weighted by Gasteiger charge is 2.23. The molecule has 0 aliphatic carbocycles. The molecule has 0 aromatic heterocycles. The van der Waals surface area contributed by atoms with E-state index in [9.17, 15) is 14.7 Å². The predicted octanol–water partition coefficient (Wildman–Crippen LogP) is 0.544. The van der Waals surface area contributed by atoms with Crippen LogP contribution in [0.5, 0.6) is 11.5 Å². The molecule has 12 nitrogen and oxygen atoms in total. The van der Waals surface area contributed by atoms with Crippen molar-refractivity contribution in [3.05, 3.63) is 53.1 Å². The molecular weight excluding hydrogens is 532 g/mol. The molecule has 2 aromatic rings. The number of primary amides is 1. The summed E-state index contributed by atoms with van der Waals surface area (Å²) in [6.07, 6.45) is 4.41. The Morgan fingerprint density at radius 1 is 1.02 bits per heavy atom. The van der Waals surface area contributed by atoms with Crippen LogP contribution in [-0.4, -0.2) is 79.2 Å². The van der Waals surface area contributed by atoms with E-state index >= 15 is 0 Å². The van der Waals surface area contributed by atoms with Gasteiger partial charge in [0.15, 0.2) is 0 Å². The maximum Gasteiger partial charge on any atom is 0.227 e. The number of ether oxygens (including phenoxy) is 2. The molecule has 1 unspecified atom stereocenters. The zero-order valence-electron chi connectivity index (χ0n) is 23.0. The standard InChI is InChI=1S/C28H37N3O7.CH3NO/c29-11-12-30-27(35)3-1-4-28(36)31-17-22-15-24(37-14-2-13-32)9-7-20(22)5-6-21-8-10-25(16-26(21)31)38-19-23(34)18-33;2-1-3/h5-10,15-16,23,32-34H,1-4,11-14,17-19,29H2,(H,30,35);1H,(H2,2,3)/b6-5-;. The van der Waals surface area contributed by atoms with Crippen molar-refractivity contribution in [2.45, 2.75) is 38.3 Å². The van der Waals surface area contributed by atoms with E-state index in [-0.39, 0.29) is 50.8 Å². The van der Waals surface area contributed by atoms with Crippen LogP contribution in [0.15, 0.2) is 36.4 Å². The topological polar surface area (TPSA) is 198 Å². The highest BCUT2D eigenvalue weighted by Crippen LogP contribution is 2.34. The van der Waals surface area contributed by atoms with Crippen molar-refractivity contribution in [2.75, 3.05) is 44.4 Å². The normalized spacial score (nSPS) is 13.2. The first-order chi connectivity index (χ1) is 19.9. The van der Waals surface area contributed by atoms with Gasteiger partial charge in [0.1, 0.15) is 24.2 Å². The number of nitrogens with two attached hydrogens (primary N) is 2. The van der Waals surface area contributed by atoms with Crippen LogP contribution in [0, 0.1) is 0 Å². The lowest BCUT2D eigenvalue weighted by Crippen LogP contribution is -2.32. The average molecular weight is 573 g/mol. The third-order valence-corrected chi connectivity index (χ3v) is 5.96. The van der Waals surface area contributed by atoms with Gasteiger partial charge < -0.3 is 46.5 Å². The summed E-state index contributed by atoms with van der Waals surface area (Å²) in [7, 11) is 0. The molecule has 0 bridgehead atoms. The number of anilines is 1. The highest BCUT2D eigenvalue weighted by molar-refractivity contribution is 5.97. The van der Waals surface area contributed by atoms with Gasteiger partial charge in [0, 0.05) is 45.0 Å². The molecule has 2 aromatic carbocycles. The Balaban J connectivity index is 0.00000187. The van der Waals surface area contributed by atoms with Gasteiger partial charge in [-0.25, -0.2) is 0 Å². The SMILES string of the molecule is NC=O.NCCNC(=O)CCCC(=O)N1Cc2cc(OCCCO)ccc2/C=C\c2ccc(OCC(O)CO)cc21. The molecule has 3 rings (SSSR count). The zero-order chi connectivity index (χ0) is 30.0. The van der Waals surface area contributed by atoms with E-state index in [1.807, 2.05) is 36.4 Å². The second-order valence-electron chi connectivity index (χ2n) is 9.10. The van der Waals surface area contributed by atoms with E-state index in [0.717, 1.165) is 16.7 Å². The van der Waals surface area contributed by atoms with Crippen molar-refractivity contribution in [2.24, 2.45) is 11.5 Å². The molecule has 0 spiro atoms. The summed E-state index contributed by atoms with van der Waals surface area (Å²) in [5.74, 6) is 0.793. The van der Waals surface area contributed by atoms with E-state index in [0.29, 0.717) is 49.7 Å². The highest BCUT2D eigenvalue weighted by atomic mass is 16.5. The lowest BCUT2D eigenvalue weighted by atomic mass is 10.00. The molecule has 0 fully saturated rings. The van der Waals surface area contributed by atoms with Crippen LogP contribution < -0.4 is 31.2 Å². The fourth-order valence-corrected chi connectivity index (χ4v) is 3.95. The van der Waals surface area contributed by atoms with E-state index in [1.54, 1.807) is 17.0 Å². The number of hydrogen-bond acceptors (Lipinski definition) is 9. The van der Waals surface area contributed by atoms with Crippen molar-refractivity contribution >= 4 is 36.1 Å². The van der Waals surface area contributed by atoms with Gasteiger partial charge >= 0.3 is 0 Å². The number of carbonyl (C=O) groups excluding carboxylic acids is 3. The Labute approximate surface area is 239 Å². The minimum atomic E-state index is -1.02. The Morgan fingerprint density at radius 2 is 1.71 bits per heavy atom. The average Bonchev–Trinajstić information content (AvgIpc) is 2.96. The number of benzene rings is 2. The number of nitrogens with one attached hydrogen (secondary N) is 1. The van der Waals surface area contributed by atoms with Crippen LogP contribution in [0.1, 0.15) is 42.4 Å². The van der Waals surface area contributed by atoms with Crippen LogP contribution in [0.2, 0.25) is 0 Å². The van der Waals surface area contributed by atoms with Crippen molar-refractivity contribution < 1.29 is 39.2 Å². The van der Waals surface area contributed by atoms with Crippen LogP contribution in [0.3, 0.4) is 0 Å². The molecule has 1 aliphatic heterocycles. The summed E-state index contributed by atoms with van der Waals surface area (Å²) < 4.78 is 11.4. The van der Waals surface area contributed by atoms with Gasteiger partial charge in [0.2, 0.25) is 18.2 Å². The smallest absolute Gasteiger partial charge is 0.227 e. The Morgan fingerprint density at radius 3 is 2.39 bits per heavy atom. The van der Waals surface area contributed by atoms with Gasteiger partial charge in [-0.3, -0.25) is 14.4 Å². The number of hydrogen-bond donors (Lipinski definition) is 6. The quantitative estimate of drug-likeness (QED) is 0.138. The van der Waals surface area contributed by atoms with Crippen LogP contribution >= 0.6 is 0 Å². The molecule has 0 radical (unpaired) electrons. The number of aliphatic hydroxyl groups is 3. The fourth-order valence-electron chi connectivity index (χ4n) is 3.95. The fraction of sp³-hybridized carbons (Fsp3) is 0.414. The maximum atomic E-state index is 13.5. The molecule has 3 amide bonds. The number of fused-ring (bicyclic) bond motifs is 2. The van der Waals surface area contributed by atoms with Crippen molar-refractivity contribution in [1.29, 1.82) is 0 Å². The summed E-state index contributed by atoms with van der Waals surface area (Å²) in [4.78, 5) is 35.8. The zero-order valence-corrected chi connectivity index (χ0v) is 23.0. The molecular formula is C29H40N4O8. The predicted molar refractivity (Wildman–Crippen MR) is 155 cm³/mol. The summed E-state index contributed by atoms with van der Waals surface area (Å²) in [6, 6.07) is 11.0. The Bertz CT molecular complexity index is 1160. The van der Waals surface area contributed by atoms with Crippen LogP contribution in [0.4, 0.5) is 5.69 Å². The largest absolute Gasteiger partial charge is 0.493 e. The summed E-state index contributed by atoms with van der Waals surface area (Å²) in [5, 5.41) is 30.5. The van der Waals surface area contributed by atoms with Gasteiger partial charge in [0.25, 0.3) is 0 Å². The molecule has 0 saturated carbocycles. The molecule has 224 valence electrons. The summed E-state index contributed by atoms with van der Waals surface area (Å²) in [5.41, 5.74) is 12.9. The second kappa shape index (κ2) is 18.4. The molecule has 41 heavy (non-hydrogen) atoms. The lowest BCUT2D eigenvalue weighted by Gasteiger charge is -2.28. The molecule has 1 heterocycles. The Kier molecular flexibility index (Phi) is 14.9. The van der Waals surface area contributed by atoms with Crippen LogP contribution in [0.25, 0.3) is 12.2 Å². The van der Waals surface area contributed by atoms with E-state index in [4.69, 9.17) is 30.2 Å². The first kappa shape index (κ1) is 33.2. The first-order valence-electron chi connectivity index (χ1n) is 13.4. The monoisotopic (exact) mass is 572 g/mol. The minimum Gasteiger partial charge on any atom is -0.493 e. The molecule has 12 heteroatoms. The molecule has 1 atom stereocenters. The van der Waals surface area contributed by atoms with Gasteiger partial charge in [-0.1, -0.05) is 18.2 Å². The van der Waals surface area contributed by atoms with Crippen molar-refractivity contribution in [3.8, 4) is 11.5 Å². The van der Waals surface area contributed by atoms with Gasteiger partial charge in [0.05, 0.1) is 25.4 Å². The molecule has 0 saturated heterocycles. The molecule has 8 N–H and O–H groups in total. The second-order valence-corrected chi connectivity index (χ2v) is 9.10. The lowest BCUT2D eigenvalue weighted by molar-refractivity contribution is -0.121. The summed E-state index contributed by atoms with van der Waals surface area (Å²) >= 11 is 0. The van der Waals surface area contributed by atoms with E-state index in [2.05, 4.69) is 11.1 Å². The van der Waals surface area contributed by atoms with Crippen molar-refractivity contribution in [1.82, 2.24) is 5.32 Å². The number of amides is 3. The maximum absolute atomic E-state index is 13.5. The van der Waals surface area contributed by atoms with Crippen LogP contribution in [-0.2, 0) is 20.9 Å². The number of aliphatic hydroxyl groups excluding tert-OH is 3. The van der Waals surface area contributed by atoms with Gasteiger partial charge in [-0.15, -0.1) is 0 Å². The van der Waals surface area contributed by atoms with Gasteiger partial charge in [-0.05, 0) is 47.4 Å². The number of nitrogens with zero attached hydrogens (tertiary/aromatic N) is 1. The minimum absolute atomic E-state index is 0.0384. The first-order valence-corrected chi connectivity index (χ1v) is 13.4. The van der Waals surface area contributed by atoms with Crippen molar-refractivity contribution in [3.63, 3.8) is 0 Å². The third kappa shape index (κ3) is 11.2. The molecule has 1 aliphatic rings. The van der Waals surface area contributed by atoms with Gasteiger partial charge in [-0.2, -0.15) is 0 Å². The van der Waals surface area contributed by atoms with E-state index < -0.39 is 12.7 Å².